The molecule has 0 spiro atoms. The minimum atomic E-state index is 0.0213. The van der Waals surface area contributed by atoms with Gasteiger partial charge in [-0.3, -0.25) is 0 Å². The average molecular weight is 270 g/mol. The van der Waals surface area contributed by atoms with Crippen molar-refractivity contribution in [3.8, 4) is 11.5 Å². The highest BCUT2D eigenvalue weighted by Gasteiger charge is 2.06. The Balaban J connectivity index is 2.52. The minimum absolute atomic E-state index is 0.0213. The predicted octanol–water partition coefficient (Wildman–Crippen LogP) is 3.10. The van der Waals surface area contributed by atoms with Gasteiger partial charge < -0.3 is 14.6 Å². The van der Waals surface area contributed by atoms with Crippen molar-refractivity contribution < 1.29 is 14.6 Å². The summed E-state index contributed by atoms with van der Waals surface area (Å²) in [6.07, 6.45) is 1.03. The third-order valence-corrected chi connectivity index (χ3v) is 3.37. The number of hydrogen-bond acceptors (Lipinski definition) is 4. The maximum Gasteiger partial charge on any atom is 0.161 e. The molecule has 0 aliphatic heterocycles. The molecule has 0 saturated heterocycles. The van der Waals surface area contributed by atoms with Crippen molar-refractivity contribution >= 4 is 11.8 Å². The third kappa shape index (κ3) is 5.19. The molecule has 18 heavy (non-hydrogen) atoms. The molecule has 0 fully saturated rings. The zero-order chi connectivity index (χ0) is 13.2. The first kappa shape index (κ1) is 15.2. The summed E-state index contributed by atoms with van der Waals surface area (Å²) >= 11 is 1.92. The molecule has 1 N–H and O–H groups in total. The predicted molar refractivity (Wildman–Crippen MR) is 76.6 cm³/mol. The number of aliphatic hydroxyl groups is 1. The molecule has 1 aromatic rings. The molecular formula is C14H22O3S. The van der Waals surface area contributed by atoms with Crippen molar-refractivity contribution in [3.63, 3.8) is 0 Å². The molecular weight excluding hydrogens is 248 g/mol. The van der Waals surface area contributed by atoms with Crippen LogP contribution in [0.4, 0.5) is 0 Å². The van der Waals surface area contributed by atoms with Gasteiger partial charge in [-0.2, -0.15) is 11.8 Å². The molecule has 0 amide bonds. The van der Waals surface area contributed by atoms with Gasteiger partial charge >= 0.3 is 0 Å². The highest BCUT2D eigenvalue weighted by Crippen LogP contribution is 2.28. The first-order valence-corrected chi connectivity index (χ1v) is 7.54. The maximum absolute atomic E-state index is 9.10. The van der Waals surface area contributed by atoms with E-state index in [0.717, 1.165) is 29.2 Å². The molecule has 4 heteroatoms. The summed E-state index contributed by atoms with van der Waals surface area (Å²) in [7, 11) is 0. The second-order valence-electron chi connectivity index (χ2n) is 3.77. The fourth-order valence-electron chi connectivity index (χ4n) is 1.53. The SMILES string of the molecule is CCOc1cc(CO)ccc1OCCCSCC. The van der Waals surface area contributed by atoms with Gasteiger partial charge in [0, 0.05) is 0 Å². The minimum Gasteiger partial charge on any atom is -0.490 e. The summed E-state index contributed by atoms with van der Waals surface area (Å²) in [5.74, 6) is 3.74. The average Bonchev–Trinajstić information content (AvgIpc) is 2.40. The lowest BCUT2D eigenvalue weighted by atomic mass is 10.2. The largest absolute Gasteiger partial charge is 0.490 e. The number of benzene rings is 1. The van der Waals surface area contributed by atoms with Crippen molar-refractivity contribution in [3.05, 3.63) is 23.8 Å². The van der Waals surface area contributed by atoms with Crippen LogP contribution in [-0.2, 0) is 6.61 Å². The summed E-state index contributed by atoms with van der Waals surface area (Å²) < 4.78 is 11.2. The van der Waals surface area contributed by atoms with Crippen LogP contribution in [0.1, 0.15) is 25.8 Å². The maximum atomic E-state index is 9.10. The highest BCUT2D eigenvalue weighted by molar-refractivity contribution is 7.99. The monoisotopic (exact) mass is 270 g/mol. The first-order valence-electron chi connectivity index (χ1n) is 6.38. The summed E-state index contributed by atoms with van der Waals surface area (Å²) in [6, 6.07) is 5.56. The molecule has 0 aliphatic rings. The number of aliphatic hydroxyl groups excluding tert-OH is 1. The molecule has 0 unspecified atom stereocenters. The van der Waals surface area contributed by atoms with E-state index in [1.807, 2.05) is 36.9 Å². The Morgan fingerprint density at radius 1 is 1.17 bits per heavy atom. The van der Waals surface area contributed by atoms with E-state index in [1.54, 1.807) is 0 Å². The Morgan fingerprint density at radius 3 is 2.67 bits per heavy atom. The standard InChI is InChI=1S/C14H22O3S/c1-3-16-14-10-12(11-15)6-7-13(14)17-8-5-9-18-4-2/h6-7,10,15H,3-5,8-9,11H2,1-2H3. The number of hydrogen-bond donors (Lipinski definition) is 1. The zero-order valence-corrected chi connectivity index (χ0v) is 12.0. The van der Waals surface area contributed by atoms with E-state index in [0.29, 0.717) is 19.0 Å². The van der Waals surface area contributed by atoms with Gasteiger partial charge in [0.15, 0.2) is 11.5 Å². The third-order valence-electron chi connectivity index (χ3n) is 2.39. The van der Waals surface area contributed by atoms with E-state index in [2.05, 4.69) is 6.92 Å². The Kier molecular flexibility index (Phi) is 7.69. The van der Waals surface area contributed by atoms with Crippen molar-refractivity contribution in [2.45, 2.75) is 26.9 Å². The number of thioether (sulfide) groups is 1. The van der Waals surface area contributed by atoms with Gasteiger partial charge in [0.1, 0.15) is 0 Å². The second kappa shape index (κ2) is 9.11. The summed E-state index contributed by atoms with van der Waals surface area (Å²) in [5.41, 5.74) is 0.840. The molecule has 1 rings (SSSR count). The van der Waals surface area contributed by atoms with Crippen LogP contribution in [0.2, 0.25) is 0 Å². The summed E-state index contributed by atoms with van der Waals surface area (Å²) in [6.45, 7) is 5.41. The van der Waals surface area contributed by atoms with Crippen LogP contribution in [0, 0.1) is 0 Å². The normalized spacial score (nSPS) is 10.4. The topological polar surface area (TPSA) is 38.7 Å². The second-order valence-corrected chi connectivity index (χ2v) is 5.16. The van der Waals surface area contributed by atoms with Crippen LogP contribution in [0.5, 0.6) is 11.5 Å². The first-order chi connectivity index (χ1) is 8.81. The zero-order valence-electron chi connectivity index (χ0n) is 11.1. The highest BCUT2D eigenvalue weighted by atomic mass is 32.2. The van der Waals surface area contributed by atoms with Gasteiger partial charge in [0.25, 0.3) is 0 Å². The smallest absolute Gasteiger partial charge is 0.161 e. The van der Waals surface area contributed by atoms with E-state index in [1.165, 1.54) is 0 Å². The molecule has 0 heterocycles. The lowest BCUT2D eigenvalue weighted by Crippen LogP contribution is -2.02. The van der Waals surface area contributed by atoms with E-state index in [4.69, 9.17) is 14.6 Å². The van der Waals surface area contributed by atoms with E-state index in [9.17, 15) is 0 Å². The molecule has 102 valence electrons. The number of ether oxygens (including phenoxy) is 2. The Morgan fingerprint density at radius 2 is 2.00 bits per heavy atom. The molecule has 3 nitrogen and oxygen atoms in total. The van der Waals surface area contributed by atoms with Crippen molar-refractivity contribution in [1.29, 1.82) is 0 Å². The van der Waals surface area contributed by atoms with Crippen LogP contribution in [0.15, 0.2) is 18.2 Å². The summed E-state index contributed by atoms with van der Waals surface area (Å²) in [4.78, 5) is 0. The van der Waals surface area contributed by atoms with Crippen LogP contribution in [0.3, 0.4) is 0 Å². The van der Waals surface area contributed by atoms with Crippen LogP contribution in [-0.4, -0.2) is 29.8 Å². The van der Waals surface area contributed by atoms with Crippen LogP contribution >= 0.6 is 11.8 Å². The van der Waals surface area contributed by atoms with Gasteiger partial charge in [-0.1, -0.05) is 13.0 Å². The van der Waals surface area contributed by atoms with Crippen molar-refractivity contribution in [1.82, 2.24) is 0 Å². The molecule has 0 aliphatic carbocycles. The molecule has 0 bridgehead atoms. The van der Waals surface area contributed by atoms with Gasteiger partial charge in [0.2, 0.25) is 0 Å². The molecule has 0 saturated carbocycles. The fourth-order valence-corrected chi connectivity index (χ4v) is 2.14. The van der Waals surface area contributed by atoms with Crippen LogP contribution < -0.4 is 9.47 Å². The quantitative estimate of drug-likeness (QED) is 0.700. The van der Waals surface area contributed by atoms with Crippen molar-refractivity contribution in [2.75, 3.05) is 24.7 Å². The Bertz CT molecular complexity index is 342. The molecule has 0 atom stereocenters. The van der Waals surface area contributed by atoms with Gasteiger partial charge in [0.05, 0.1) is 19.8 Å². The van der Waals surface area contributed by atoms with Gasteiger partial charge in [-0.25, -0.2) is 0 Å². The van der Waals surface area contributed by atoms with Crippen molar-refractivity contribution in [2.24, 2.45) is 0 Å². The molecule has 1 aromatic carbocycles. The van der Waals surface area contributed by atoms with E-state index >= 15 is 0 Å². The molecule has 0 aromatic heterocycles. The summed E-state index contributed by atoms with van der Waals surface area (Å²) in [5, 5.41) is 9.10. The van der Waals surface area contributed by atoms with E-state index < -0.39 is 0 Å². The molecule has 0 radical (unpaired) electrons. The van der Waals surface area contributed by atoms with Crippen LogP contribution in [0.25, 0.3) is 0 Å². The Labute approximate surface area is 113 Å². The lowest BCUT2D eigenvalue weighted by Gasteiger charge is -2.12. The van der Waals surface area contributed by atoms with Gasteiger partial charge in [-0.05, 0) is 42.5 Å². The Hall–Kier alpha value is -0.870. The number of rotatable bonds is 9. The lowest BCUT2D eigenvalue weighted by molar-refractivity contribution is 0.269. The van der Waals surface area contributed by atoms with E-state index in [-0.39, 0.29) is 6.61 Å². The fraction of sp³-hybridized carbons (Fsp3) is 0.571. The van der Waals surface area contributed by atoms with Gasteiger partial charge in [-0.15, -0.1) is 0 Å².